The molecule has 1 aromatic carbocycles. The highest BCUT2D eigenvalue weighted by molar-refractivity contribution is 7.89. The zero-order valence-corrected chi connectivity index (χ0v) is 20.9. The van der Waals surface area contributed by atoms with Crippen LogP contribution in [0, 0.1) is 0 Å². The van der Waals surface area contributed by atoms with Crippen molar-refractivity contribution in [3.05, 3.63) is 71.1 Å². The number of rotatable bonds is 12. The largest absolute Gasteiger partial charge is 0.492 e. The highest BCUT2D eigenvalue weighted by atomic mass is 32.2. The molecule has 1 atom stereocenters. The zero-order valence-electron chi connectivity index (χ0n) is 20.1. The second-order valence-electron chi connectivity index (χ2n) is 7.96. The van der Waals surface area contributed by atoms with Crippen LogP contribution in [0.5, 0.6) is 5.75 Å². The van der Waals surface area contributed by atoms with Crippen molar-refractivity contribution in [3.8, 4) is 5.75 Å². The number of ether oxygens (including phenoxy) is 1. The molecule has 2 heterocycles. The number of pyridine rings is 2. The smallest absolute Gasteiger partial charge is 0.338 e. The van der Waals surface area contributed by atoms with Gasteiger partial charge in [-0.05, 0) is 36.4 Å². The summed E-state index contributed by atoms with van der Waals surface area (Å²) < 4.78 is 33.8. The minimum atomic E-state index is -4.14. The number of carboxylic acid groups (broad SMARTS) is 1. The number of aliphatic carboxylic acids is 1. The Labute approximate surface area is 217 Å². The van der Waals surface area contributed by atoms with Gasteiger partial charge in [-0.25, -0.2) is 13.2 Å². The van der Waals surface area contributed by atoms with Crippen LogP contribution in [0.15, 0.2) is 70.5 Å². The van der Waals surface area contributed by atoms with Gasteiger partial charge in [-0.2, -0.15) is 4.72 Å². The third kappa shape index (κ3) is 7.68. The number of nitrogens with two attached hydrogens (primary N) is 2. The van der Waals surface area contributed by atoms with Gasteiger partial charge in [-0.15, -0.1) is 0 Å². The SMILES string of the molecule is NC(N)=[NH+]CCCOc1ccc2ccc(NC(=O)NCC(NS(=O)(=O)c3ccccc3)C(=O)O)c(=O)n2c1. The zero-order chi connectivity index (χ0) is 27.7. The van der Waals surface area contributed by atoms with E-state index in [4.69, 9.17) is 16.2 Å². The molecule has 0 aliphatic heterocycles. The minimum Gasteiger partial charge on any atom is -0.492 e. The van der Waals surface area contributed by atoms with Crippen LogP contribution < -0.4 is 42.1 Å². The van der Waals surface area contributed by atoms with Crippen molar-refractivity contribution in [3.63, 3.8) is 0 Å². The second-order valence-corrected chi connectivity index (χ2v) is 9.67. The number of aromatic nitrogens is 1. The molecule has 1 unspecified atom stereocenters. The molecular formula is C23H28N7O7S+. The van der Waals surface area contributed by atoms with Crippen molar-refractivity contribution < 1.29 is 32.8 Å². The van der Waals surface area contributed by atoms with E-state index in [1.54, 1.807) is 24.3 Å². The predicted octanol–water partition coefficient (Wildman–Crippen LogP) is -2.02. The van der Waals surface area contributed by atoms with Crippen molar-refractivity contribution in [1.82, 2.24) is 14.4 Å². The maximum atomic E-state index is 12.9. The molecule has 15 heteroatoms. The number of carbonyl (C=O) groups excluding carboxylic acids is 1. The van der Waals surface area contributed by atoms with Crippen LogP contribution in [0.3, 0.4) is 0 Å². The lowest BCUT2D eigenvalue weighted by Gasteiger charge is -2.16. The summed E-state index contributed by atoms with van der Waals surface area (Å²) in [6.45, 7) is 0.262. The Morgan fingerprint density at radius 3 is 2.47 bits per heavy atom. The van der Waals surface area contributed by atoms with Gasteiger partial charge in [0.25, 0.3) is 5.56 Å². The van der Waals surface area contributed by atoms with E-state index in [2.05, 4.69) is 15.6 Å². The van der Waals surface area contributed by atoms with Crippen LogP contribution in [0.2, 0.25) is 0 Å². The Kier molecular flexibility index (Phi) is 9.23. The molecule has 0 aliphatic rings. The van der Waals surface area contributed by atoms with Gasteiger partial charge in [0.05, 0.1) is 24.2 Å². The fraction of sp³-hybridized carbons (Fsp3) is 0.217. The number of amides is 2. The first-order valence-corrected chi connectivity index (χ1v) is 12.8. The van der Waals surface area contributed by atoms with Crippen molar-refractivity contribution in [2.24, 2.45) is 11.5 Å². The maximum Gasteiger partial charge on any atom is 0.338 e. The summed E-state index contributed by atoms with van der Waals surface area (Å²) in [5.41, 5.74) is 10.5. The average molecular weight is 547 g/mol. The Bertz CT molecular complexity index is 1490. The number of anilines is 1. The number of nitrogens with zero attached hydrogens (tertiary/aromatic N) is 1. The number of benzene rings is 1. The van der Waals surface area contributed by atoms with Crippen molar-refractivity contribution >= 4 is 39.2 Å². The van der Waals surface area contributed by atoms with E-state index in [1.807, 2.05) is 4.72 Å². The van der Waals surface area contributed by atoms with Gasteiger partial charge in [-0.1, -0.05) is 18.2 Å². The fourth-order valence-corrected chi connectivity index (χ4v) is 4.46. The molecule has 202 valence electrons. The summed E-state index contributed by atoms with van der Waals surface area (Å²) in [4.78, 5) is 39.5. The number of nitrogens with one attached hydrogen (secondary N) is 4. The molecule has 0 radical (unpaired) electrons. The van der Waals surface area contributed by atoms with Gasteiger partial charge in [-0.3, -0.25) is 30.4 Å². The molecule has 0 saturated heterocycles. The van der Waals surface area contributed by atoms with Crippen molar-refractivity contribution in [2.75, 3.05) is 25.0 Å². The molecule has 2 aromatic heterocycles. The van der Waals surface area contributed by atoms with Crippen LogP contribution in [-0.2, 0) is 14.8 Å². The molecule has 0 saturated carbocycles. The average Bonchev–Trinajstić information content (AvgIpc) is 2.88. The van der Waals surface area contributed by atoms with Crippen LogP contribution in [-0.4, -0.2) is 61.6 Å². The van der Waals surface area contributed by atoms with E-state index in [-0.39, 0.29) is 16.5 Å². The lowest BCUT2D eigenvalue weighted by molar-refractivity contribution is -0.460. The molecule has 38 heavy (non-hydrogen) atoms. The lowest BCUT2D eigenvalue weighted by Crippen LogP contribution is -2.78. The first-order valence-electron chi connectivity index (χ1n) is 11.3. The molecule has 0 bridgehead atoms. The van der Waals surface area contributed by atoms with Crippen molar-refractivity contribution in [2.45, 2.75) is 17.4 Å². The monoisotopic (exact) mass is 546 g/mol. The number of hydrogen-bond donors (Lipinski definition) is 7. The lowest BCUT2D eigenvalue weighted by atomic mass is 10.3. The summed E-state index contributed by atoms with van der Waals surface area (Å²) >= 11 is 0. The Morgan fingerprint density at radius 1 is 1.08 bits per heavy atom. The first-order chi connectivity index (χ1) is 18.1. The third-order valence-electron chi connectivity index (χ3n) is 5.11. The Morgan fingerprint density at radius 2 is 1.79 bits per heavy atom. The molecule has 0 aliphatic carbocycles. The van der Waals surface area contributed by atoms with Crippen LogP contribution in [0.4, 0.5) is 10.5 Å². The predicted molar refractivity (Wildman–Crippen MR) is 138 cm³/mol. The minimum absolute atomic E-state index is 0.0907. The van der Waals surface area contributed by atoms with Gasteiger partial charge in [0, 0.05) is 18.5 Å². The molecule has 9 N–H and O–H groups in total. The quantitative estimate of drug-likeness (QED) is 0.0755. The molecule has 3 rings (SSSR count). The highest BCUT2D eigenvalue weighted by Crippen LogP contribution is 2.14. The Balaban J connectivity index is 1.63. The van der Waals surface area contributed by atoms with Gasteiger partial charge in [0.1, 0.15) is 17.5 Å². The van der Waals surface area contributed by atoms with Gasteiger partial charge in [0.2, 0.25) is 10.0 Å². The number of hydrogen-bond acceptors (Lipinski definition) is 6. The highest BCUT2D eigenvalue weighted by Gasteiger charge is 2.26. The molecule has 0 spiro atoms. The van der Waals surface area contributed by atoms with E-state index in [0.29, 0.717) is 30.8 Å². The second kappa shape index (κ2) is 12.6. The summed E-state index contributed by atoms with van der Waals surface area (Å²) in [6, 6.07) is 11.0. The summed E-state index contributed by atoms with van der Waals surface area (Å²) in [5.74, 6) is -0.970. The van der Waals surface area contributed by atoms with E-state index in [1.165, 1.54) is 40.9 Å². The molecular weight excluding hydrogens is 518 g/mol. The van der Waals surface area contributed by atoms with E-state index in [0.717, 1.165) is 0 Å². The van der Waals surface area contributed by atoms with Crippen LogP contribution in [0.25, 0.3) is 5.52 Å². The Hall–Kier alpha value is -4.63. The van der Waals surface area contributed by atoms with E-state index < -0.39 is 40.2 Å². The number of urea groups is 1. The van der Waals surface area contributed by atoms with Gasteiger partial charge in [0.15, 0.2) is 0 Å². The van der Waals surface area contributed by atoms with Crippen LogP contribution in [0.1, 0.15) is 6.42 Å². The van der Waals surface area contributed by atoms with E-state index >= 15 is 0 Å². The number of sulfonamides is 1. The number of fused-ring (bicyclic) bond motifs is 1. The fourth-order valence-electron chi connectivity index (χ4n) is 3.25. The van der Waals surface area contributed by atoms with Crippen LogP contribution >= 0.6 is 0 Å². The summed E-state index contributed by atoms with van der Waals surface area (Å²) in [5, 5.41) is 14.0. The third-order valence-corrected chi connectivity index (χ3v) is 6.59. The topological polar surface area (TPSA) is 221 Å². The van der Waals surface area contributed by atoms with E-state index in [9.17, 15) is 27.9 Å². The normalized spacial score (nSPS) is 11.9. The number of guanidine groups is 1. The summed E-state index contributed by atoms with van der Waals surface area (Å²) in [7, 11) is -4.14. The molecule has 0 fully saturated rings. The van der Waals surface area contributed by atoms with Gasteiger partial charge < -0.3 is 20.5 Å². The standard InChI is InChI=1S/C23H27N7O7S/c24-22(25)26-11-4-12-37-16-9-7-15-8-10-18(20(31)30(15)14-16)28-23(34)27-13-19(21(32)33)29-38(35,36)17-5-2-1-3-6-17/h1-3,5-10,14,19,29H,4,11-13H2,(H,32,33)(H4,24,25,26)(H2,27,28,34)/p+1. The van der Waals surface area contributed by atoms with Crippen molar-refractivity contribution in [1.29, 1.82) is 0 Å². The maximum absolute atomic E-state index is 12.9. The summed E-state index contributed by atoms with van der Waals surface area (Å²) in [6.07, 6.45) is 2.07. The molecule has 14 nitrogen and oxygen atoms in total. The molecule has 2 amide bonds. The first kappa shape index (κ1) is 27.9. The van der Waals surface area contributed by atoms with Gasteiger partial charge >= 0.3 is 18.0 Å². The molecule has 3 aromatic rings. The number of carbonyl (C=O) groups is 2. The number of carboxylic acids is 1.